The Balaban J connectivity index is 1.90. The Morgan fingerprint density at radius 3 is 2.74 bits per heavy atom. The molecule has 3 aromatic rings. The van der Waals surface area contributed by atoms with Crippen molar-refractivity contribution in [2.24, 2.45) is 5.10 Å². The van der Waals surface area contributed by atoms with E-state index in [-0.39, 0.29) is 0 Å². The Morgan fingerprint density at radius 2 is 2.00 bits per heavy atom. The molecule has 7 heteroatoms. The van der Waals surface area contributed by atoms with E-state index in [1.807, 2.05) is 55.5 Å². The van der Waals surface area contributed by atoms with E-state index in [9.17, 15) is 0 Å². The minimum Gasteiger partial charge on any atom is -0.490 e. The maximum atomic E-state index is 5.66. The van der Waals surface area contributed by atoms with Gasteiger partial charge < -0.3 is 9.47 Å². The Morgan fingerprint density at radius 1 is 1.19 bits per heavy atom. The molecule has 0 bridgehead atoms. The molecule has 0 amide bonds. The molecule has 27 heavy (non-hydrogen) atoms. The molecule has 0 radical (unpaired) electrons. The van der Waals surface area contributed by atoms with Crippen molar-refractivity contribution in [2.75, 3.05) is 13.2 Å². The van der Waals surface area contributed by atoms with E-state index in [0.717, 1.165) is 11.1 Å². The summed E-state index contributed by atoms with van der Waals surface area (Å²) in [6, 6.07) is 15.4. The van der Waals surface area contributed by atoms with E-state index >= 15 is 0 Å². The van der Waals surface area contributed by atoms with Gasteiger partial charge in [0.05, 0.1) is 12.8 Å². The van der Waals surface area contributed by atoms with Crippen LogP contribution in [0.25, 0.3) is 11.4 Å². The topological polar surface area (TPSA) is 64.4 Å². The molecule has 1 N–H and O–H groups in total. The molecular weight excluding hydrogens is 360 g/mol. The van der Waals surface area contributed by atoms with Crippen molar-refractivity contribution in [3.8, 4) is 22.9 Å². The fraction of sp³-hybridized carbons (Fsp3) is 0.150. The van der Waals surface area contributed by atoms with Crippen LogP contribution in [0.2, 0.25) is 0 Å². The fourth-order valence-electron chi connectivity index (χ4n) is 2.44. The van der Waals surface area contributed by atoms with Gasteiger partial charge in [-0.25, -0.2) is 5.10 Å². The quantitative estimate of drug-likeness (QED) is 0.356. The van der Waals surface area contributed by atoms with E-state index in [4.69, 9.17) is 21.7 Å². The highest BCUT2D eigenvalue weighted by atomic mass is 32.1. The number of rotatable bonds is 8. The van der Waals surface area contributed by atoms with Crippen LogP contribution >= 0.6 is 12.2 Å². The average Bonchev–Trinajstić information content (AvgIpc) is 3.07. The lowest BCUT2D eigenvalue weighted by atomic mass is 10.2. The first-order valence-electron chi connectivity index (χ1n) is 8.50. The Kier molecular flexibility index (Phi) is 6.17. The summed E-state index contributed by atoms with van der Waals surface area (Å²) in [5.41, 5.74) is 1.77. The van der Waals surface area contributed by atoms with Crippen LogP contribution in [-0.4, -0.2) is 34.3 Å². The van der Waals surface area contributed by atoms with Gasteiger partial charge in [-0.05, 0) is 42.9 Å². The van der Waals surface area contributed by atoms with E-state index in [2.05, 4.69) is 21.9 Å². The van der Waals surface area contributed by atoms with Crippen LogP contribution < -0.4 is 9.47 Å². The first kappa shape index (κ1) is 18.6. The molecule has 0 aliphatic heterocycles. The summed E-state index contributed by atoms with van der Waals surface area (Å²) in [4.78, 5) is 0. The van der Waals surface area contributed by atoms with Crippen LogP contribution in [-0.2, 0) is 0 Å². The van der Waals surface area contributed by atoms with E-state index in [1.54, 1.807) is 17.0 Å². The number of aromatic nitrogens is 3. The van der Waals surface area contributed by atoms with Crippen molar-refractivity contribution in [3.05, 3.63) is 71.5 Å². The van der Waals surface area contributed by atoms with Crippen molar-refractivity contribution >= 4 is 18.4 Å². The number of ether oxygens (including phenoxy) is 2. The summed E-state index contributed by atoms with van der Waals surface area (Å²) >= 11 is 5.30. The Bertz CT molecular complexity index is 993. The smallest absolute Gasteiger partial charge is 0.216 e. The molecule has 0 aliphatic rings. The van der Waals surface area contributed by atoms with Crippen LogP contribution in [0.1, 0.15) is 12.5 Å². The molecule has 0 spiro atoms. The molecule has 6 nitrogen and oxygen atoms in total. The van der Waals surface area contributed by atoms with Gasteiger partial charge in [-0.15, -0.1) is 0 Å². The summed E-state index contributed by atoms with van der Waals surface area (Å²) in [5.74, 6) is 1.97. The summed E-state index contributed by atoms with van der Waals surface area (Å²) < 4.78 is 13.3. The zero-order valence-corrected chi connectivity index (χ0v) is 15.8. The molecular formula is C20H20N4O2S. The van der Waals surface area contributed by atoms with Crippen molar-refractivity contribution < 1.29 is 9.47 Å². The van der Waals surface area contributed by atoms with Crippen LogP contribution in [0.4, 0.5) is 0 Å². The standard InChI is InChI=1S/C20H20N4O2S/c1-3-12-26-17-11-10-15(13-18(17)25-4-2)14-21-24-19(22-23-20(24)27)16-8-6-5-7-9-16/h3,5-11,13-14H,1,4,12H2,2H3,(H,23,27)/b21-14+. The van der Waals surface area contributed by atoms with Gasteiger partial charge in [-0.3, -0.25) is 0 Å². The van der Waals surface area contributed by atoms with Crippen LogP contribution in [0.5, 0.6) is 11.5 Å². The first-order valence-corrected chi connectivity index (χ1v) is 8.91. The predicted octanol–water partition coefficient (Wildman–Crippen LogP) is 4.45. The van der Waals surface area contributed by atoms with Crippen molar-refractivity contribution in [1.82, 2.24) is 14.9 Å². The zero-order valence-electron chi connectivity index (χ0n) is 15.0. The lowest BCUT2D eigenvalue weighted by Gasteiger charge is -2.11. The highest BCUT2D eigenvalue weighted by Crippen LogP contribution is 2.28. The van der Waals surface area contributed by atoms with Gasteiger partial charge >= 0.3 is 0 Å². The van der Waals surface area contributed by atoms with Gasteiger partial charge in [-0.1, -0.05) is 43.0 Å². The number of nitrogens with one attached hydrogen (secondary N) is 1. The molecule has 3 rings (SSSR count). The Hall–Kier alpha value is -3.19. The van der Waals surface area contributed by atoms with E-state index in [0.29, 0.717) is 35.3 Å². The molecule has 0 atom stereocenters. The van der Waals surface area contributed by atoms with Gasteiger partial charge in [0.15, 0.2) is 17.3 Å². The number of benzene rings is 2. The molecule has 0 saturated heterocycles. The van der Waals surface area contributed by atoms with Crippen LogP contribution in [0, 0.1) is 4.77 Å². The van der Waals surface area contributed by atoms with E-state index in [1.165, 1.54) is 0 Å². The second-order valence-corrected chi connectivity index (χ2v) is 5.90. The lowest BCUT2D eigenvalue weighted by Crippen LogP contribution is -2.00. The normalized spacial score (nSPS) is 10.9. The van der Waals surface area contributed by atoms with E-state index < -0.39 is 0 Å². The zero-order chi connectivity index (χ0) is 19.1. The molecule has 0 unspecified atom stereocenters. The third-order valence-electron chi connectivity index (χ3n) is 3.63. The summed E-state index contributed by atoms with van der Waals surface area (Å²) in [6.07, 6.45) is 3.40. The molecule has 0 saturated carbocycles. The minimum atomic E-state index is 0.415. The summed E-state index contributed by atoms with van der Waals surface area (Å²) in [6.45, 7) is 6.54. The van der Waals surface area contributed by atoms with Gasteiger partial charge in [-0.2, -0.15) is 14.9 Å². The minimum absolute atomic E-state index is 0.415. The first-order chi connectivity index (χ1) is 13.2. The number of H-pyrrole nitrogens is 1. The van der Waals surface area contributed by atoms with Gasteiger partial charge in [0.25, 0.3) is 0 Å². The van der Waals surface area contributed by atoms with Crippen LogP contribution in [0.3, 0.4) is 0 Å². The number of nitrogens with zero attached hydrogens (tertiary/aromatic N) is 3. The number of aromatic amines is 1. The maximum Gasteiger partial charge on any atom is 0.216 e. The Labute approximate surface area is 162 Å². The van der Waals surface area contributed by atoms with Crippen LogP contribution in [0.15, 0.2) is 66.3 Å². The van der Waals surface area contributed by atoms with Gasteiger partial charge in [0.1, 0.15) is 6.61 Å². The maximum absolute atomic E-state index is 5.66. The number of hydrogen-bond acceptors (Lipinski definition) is 5. The molecule has 138 valence electrons. The third kappa shape index (κ3) is 4.51. The largest absolute Gasteiger partial charge is 0.490 e. The molecule has 2 aromatic carbocycles. The lowest BCUT2D eigenvalue weighted by molar-refractivity contribution is 0.297. The highest BCUT2D eigenvalue weighted by Gasteiger charge is 2.08. The SMILES string of the molecule is C=CCOc1ccc(/C=N/n2c(-c3ccccc3)n[nH]c2=S)cc1OCC. The highest BCUT2D eigenvalue weighted by molar-refractivity contribution is 7.71. The second-order valence-electron chi connectivity index (χ2n) is 5.51. The molecule has 1 aromatic heterocycles. The van der Waals surface area contributed by atoms with Crippen molar-refractivity contribution in [2.45, 2.75) is 6.92 Å². The average molecular weight is 380 g/mol. The molecule has 0 aliphatic carbocycles. The number of hydrogen-bond donors (Lipinski definition) is 1. The fourth-order valence-corrected chi connectivity index (χ4v) is 2.62. The monoisotopic (exact) mass is 380 g/mol. The van der Waals surface area contributed by atoms with Gasteiger partial charge in [0.2, 0.25) is 4.77 Å². The second kappa shape index (κ2) is 8.95. The van der Waals surface area contributed by atoms with Crippen molar-refractivity contribution in [3.63, 3.8) is 0 Å². The summed E-state index contributed by atoms with van der Waals surface area (Å²) in [7, 11) is 0. The molecule has 0 fully saturated rings. The van der Waals surface area contributed by atoms with Crippen molar-refractivity contribution in [1.29, 1.82) is 0 Å². The molecule has 1 heterocycles. The summed E-state index contributed by atoms with van der Waals surface area (Å²) in [5, 5.41) is 11.5. The predicted molar refractivity (Wildman–Crippen MR) is 109 cm³/mol. The van der Waals surface area contributed by atoms with Gasteiger partial charge in [0, 0.05) is 5.56 Å². The third-order valence-corrected chi connectivity index (χ3v) is 3.89.